The van der Waals surface area contributed by atoms with Gasteiger partial charge in [-0.05, 0) is 6.07 Å². The zero-order chi connectivity index (χ0) is 9.26. The number of halogens is 1. The molecule has 2 nitrogen and oxygen atoms in total. The second-order valence-electron chi connectivity index (χ2n) is 2.57. The Hall–Kier alpha value is -1.06. The zero-order valence-electron chi connectivity index (χ0n) is 6.70. The third-order valence-electron chi connectivity index (χ3n) is 1.76. The minimum Gasteiger partial charge on any atom is -0.397 e. The van der Waals surface area contributed by atoms with Crippen molar-refractivity contribution in [3.05, 3.63) is 34.1 Å². The number of benzene rings is 1. The average molecular weight is 211 g/mol. The fourth-order valence-corrected chi connectivity index (χ4v) is 1.83. The van der Waals surface area contributed by atoms with E-state index in [2.05, 4.69) is 4.98 Å². The normalized spacial score (nSPS) is 10.2. The van der Waals surface area contributed by atoms with Crippen LogP contribution in [0.15, 0.2) is 29.1 Å². The van der Waals surface area contributed by atoms with E-state index in [0.29, 0.717) is 10.7 Å². The zero-order valence-corrected chi connectivity index (χ0v) is 8.27. The molecule has 0 saturated heterocycles. The van der Waals surface area contributed by atoms with Crippen molar-refractivity contribution in [1.82, 2.24) is 4.98 Å². The molecular weight excluding hydrogens is 204 g/mol. The van der Waals surface area contributed by atoms with Crippen molar-refractivity contribution < 1.29 is 0 Å². The molecule has 0 fully saturated rings. The summed E-state index contributed by atoms with van der Waals surface area (Å²) < 4.78 is 0. The van der Waals surface area contributed by atoms with Gasteiger partial charge in [-0.1, -0.05) is 23.7 Å². The lowest BCUT2D eigenvalue weighted by atomic mass is 10.1. The minimum absolute atomic E-state index is 0.575. The largest absolute Gasteiger partial charge is 0.397 e. The lowest BCUT2D eigenvalue weighted by Crippen LogP contribution is -1.90. The highest BCUT2D eigenvalue weighted by Crippen LogP contribution is 2.30. The first kappa shape index (κ1) is 8.53. The van der Waals surface area contributed by atoms with Crippen LogP contribution in [0.4, 0.5) is 5.69 Å². The van der Waals surface area contributed by atoms with Crippen molar-refractivity contribution in [2.45, 2.75) is 0 Å². The number of aromatic nitrogens is 1. The Morgan fingerprint density at radius 1 is 1.38 bits per heavy atom. The van der Waals surface area contributed by atoms with Gasteiger partial charge in [-0.15, -0.1) is 11.3 Å². The van der Waals surface area contributed by atoms with E-state index < -0.39 is 0 Å². The quantitative estimate of drug-likeness (QED) is 0.735. The van der Waals surface area contributed by atoms with Gasteiger partial charge in [0.15, 0.2) is 0 Å². The predicted molar refractivity (Wildman–Crippen MR) is 57.0 cm³/mol. The molecule has 0 aliphatic rings. The van der Waals surface area contributed by atoms with E-state index in [-0.39, 0.29) is 0 Å². The third-order valence-corrected chi connectivity index (χ3v) is 2.68. The molecule has 0 amide bonds. The minimum atomic E-state index is 0.575. The van der Waals surface area contributed by atoms with E-state index >= 15 is 0 Å². The van der Waals surface area contributed by atoms with Crippen LogP contribution in [0.2, 0.25) is 5.02 Å². The molecule has 0 saturated carbocycles. The Kier molecular flexibility index (Phi) is 2.20. The van der Waals surface area contributed by atoms with Gasteiger partial charge in [0.25, 0.3) is 0 Å². The lowest BCUT2D eigenvalue weighted by molar-refractivity contribution is 1.41. The first-order chi connectivity index (χ1) is 6.29. The fourth-order valence-electron chi connectivity index (χ4n) is 1.11. The summed E-state index contributed by atoms with van der Waals surface area (Å²) in [5, 5.41) is 2.52. The summed E-state index contributed by atoms with van der Waals surface area (Å²) in [6.07, 6.45) is 0. The van der Waals surface area contributed by atoms with Crippen molar-refractivity contribution in [2.24, 2.45) is 0 Å². The van der Waals surface area contributed by atoms with Crippen LogP contribution in [0.5, 0.6) is 0 Å². The molecule has 0 radical (unpaired) electrons. The van der Waals surface area contributed by atoms with E-state index in [9.17, 15) is 0 Å². The summed E-state index contributed by atoms with van der Waals surface area (Å²) in [5.41, 5.74) is 9.95. The van der Waals surface area contributed by atoms with Gasteiger partial charge in [-0.2, -0.15) is 0 Å². The monoisotopic (exact) mass is 210 g/mol. The highest BCUT2D eigenvalue weighted by molar-refractivity contribution is 7.07. The molecule has 2 aromatic rings. The topological polar surface area (TPSA) is 38.9 Å². The van der Waals surface area contributed by atoms with E-state index in [1.165, 1.54) is 11.3 Å². The molecule has 0 spiro atoms. The number of nitrogens with two attached hydrogens (primary N) is 1. The molecule has 1 aromatic heterocycles. The Morgan fingerprint density at radius 2 is 2.23 bits per heavy atom. The lowest BCUT2D eigenvalue weighted by Gasteiger charge is -2.03. The van der Waals surface area contributed by atoms with E-state index in [1.807, 2.05) is 17.5 Å². The van der Waals surface area contributed by atoms with Gasteiger partial charge in [0.2, 0.25) is 0 Å². The third kappa shape index (κ3) is 1.53. The molecule has 0 unspecified atom stereocenters. The number of nitrogen functional groups attached to an aromatic ring is 1. The standard InChI is InChI=1S/C9H7ClN2S/c10-7-3-1-2-6(9(7)11)8-4-13-5-12-8/h1-5H,11H2. The summed E-state index contributed by atoms with van der Waals surface area (Å²) in [6, 6.07) is 5.55. The highest BCUT2D eigenvalue weighted by atomic mass is 35.5. The molecule has 0 bridgehead atoms. The van der Waals surface area contributed by atoms with E-state index in [0.717, 1.165) is 11.3 Å². The molecular formula is C9H7ClN2S. The number of thiazole rings is 1. The molecule has 66 valence electrons. The SMILES string of the molecule is Nc1c(Cl)cccc1-c1cscn1. The van der Waals surface area contributed by atoms with Gasteiger partial charge in [0, 0.05) is 10.9 Å². The van der Waals surface area contributed by atoms with Crippen molar-refractivity contribution in [3.8, 4) is 11.3 Å². The fraction of sp³-hybridized carbons (Fsp3) is 0. The first-order valence-corrected chi connectivity index (χ1v) is 5.03. The first-order valence-electron chi connectivity index (χ1n) is 3.71. The van der Waals surface area contributed by atoms with Crippen molar-refractivity contribution in [3.63, 3.8) is 0 Å². The van der Waals surface area contributed by atoms with Crippen LogP contribution in [-0.4, -0.2) is 4.98 Å². The smallest absolute Gasteiger partial charge is 0.0832 e. The molecule has 1 aromatic carbocycles. The molecule has 4 heteroatoms. The van der Waals surface area contributed by atoms with Gasteiger partial charge >= 0.3 is 0 Å². The summed E-state index contributed by atoms with van der Waals surface area (Å²) >= 11 is 7.42. The Bertz CT molecular complexity index is 412. The van der Waals surface area contributed by atoms with Gasteiger partial charge in [-0.3, -0.25) is 0 Å². The number of para-hydroxylation sites is 1. The number of anilines is 1. The maximum absolute atomic E-state index is 5.88. The second kappa shape index (κ2) is 3.36. The summed E-state index contributed by atoms with van der Waals surface area (Å²) in [4.78, 5) is 4.17. The molecule has 0 aliphatic heterocycles. The second-order valence-corrected chi connectivity index (χ2v) is 3.70. The predicted octanol–water partition coefficient (Wildman–Crippen LogP) is 3.05. The maximum atomic E-state index is 5.88. The average Bonchev–Trinajstić information content (AvgIpc) is 2.62. The Labute approximate surface area is 85.0 Å². The van der Waals surface area contributed by atoms with Crippen molar-refractivity contribution in [1.29, 1.82) is 0 Å². The van der Waals surface area contributed by atoms with Crippen molar-refractivity contribution in [2.75, 3.05) is 5.73 Å². The summed E-state index contributed by atoms with van der Waals surface area (Å²) in [5.74, 6) is 0. The molecule has 13 heavy (non-hydrogen) atoms. The van der Waals surface area contributed by atoms with Crippen LogP contribution < -0.4 is 5.73 Å². The van der Waals surface area contributed by atoms with Gasteiger partial charge in [0.1, 0.15) is 0 Å². The van der Waals surface area contributed by atoms with Crippen LogP contribution in [0, 0.1) is 0 Å². The molecule has 0 aliphatic carbocycles. The summed E-state index contributed by atoms with van der Waals surface area (Å²) in [6.45, 7) is 0. The van der Waals surface area contributed by atoms with Gasteiger partial charge < -0.3 is 5.73 Å². The van der Waals surface area contributed by atoms with Crippen LogP contribution in [-0.2, 0) is 0 Å². The van der Waals surface area contributed by atoms with Crippen LogP contribution in [0.1, 0.15) is 0 Å². The van der Waals surface area contributed by atoms with Crippen molar-refractivity contribution >= 4 is 28.6 Å². The Morgan fingerprint density at radius 3 is 2.92 bits per heavy atom. The van der Waals surface area contributed by atoms with Crippen LogP contribution in [0.3, 0.4) is 0 Å². The molecule has 2 N–H and O–H groups in total. The highest BCUT2D eigenvalue weighted by Gasteiger charge is 2.06. The number of nitrogens with zero attached hydrogens (tertiary/aromatic N) is 1. The number of rotatable bonds is 1. The van der Waals surface area contributed by atoms with E-state index in [1.54, 1.807) is 11.6 Å². The van der Waals surface area contributed by atoms with Gasteiger partial charge in [-0.25, -0.2) is 4.98 Å². The van der Waals surface area contributed by atoms with Crippen LogP contribution >= 0.6 is 22.9 Å². The van der Waals surface area contributed by atoms with Crippen LogP contribution in [0.25, 0.3) is 11.3 Å². The number of hydrogen-bond donors (Lipinski definition) is 1. The maximum Gasteiger partial charge on any atom is 0.0832 e. The molecule has 2 rings (SSSR count). The summed E-state index contributed by atoms with van der Waals surface area (Å²) in [7, 11) is 0. The van der Waals surface area contributed by atoms with Gasteiger partial charge in [0.05, 0.1) is 21.9 Å². The number of hydrogen-bond acceptors (Lipinski definition) is 3. The Balaban J connectivity index is 2.59. The molecule has 0 atom stereocenters. The van der Waals surface area contributed by atoms with E-state index in [4.69, 9.17) is 17.3 Å². The molecule has 1 heterocycles.